The van der Waals surface area contributed by atoms with E-state index in [2.05, 4.69) is 41.1 Å². The van der Waals surface area contributed by atoms with Crippen LogP contribution in [0.3, 0.4) is 0 Å². The molecule has 2 aromatic carbocycles. The molecule has 0 radical (unpaired) electrons. The number of halogens is 1. The summed E-state index contributed by atoms with van der Waals surface area (Å²) in [5, 5.41) is 3.64. The number of nitrogens with one attached hydrogen (secondary N) is 1. The first kappa shape index (κ1) is 19.3. The van der Waals surface area contributed by atoms with Gasteiger partial charge in [0.2, 0.25) is 0 Å². The van der Waals surface area contributed by atoms with Crippen LogP contribution < -0.4 is 10.2 Å². The average Bonchev–Trinajstić information content (AvgIpc) is 3.32. The Labute approximate surface area is 172 Å². The van der Waals surface area contributed by atoms with Crippen LogP contribution >= 0.6 is 11.6 Å². The number of hydrogen-bond donors (Lipinski definition) is 1. The summed E-state index contributed by atoms with van der Waals surface area (Å²) in [5.74, 6) is -0.114. The minimum Gasteiger partial charge on any atom is -0.370 e. The molecule has 2 aliphatic heterocycles. The van der Waals surface area contributed by atoms with Gasteiger partial charge < -0.3 is 10.2 Å². The Hall–Kier alpha value is -2.04. The van der Waals surface area contributed by atoms with Gasteiger partial charge in [-0.25, -0.2) is 0 Å². The standard InChI is InChI=1S/C23H28ClN3O/c1-16-14-20(26-13-11-21(15-26)27-12-3-4-17(27)2)9-10-22(16)25-23(28)18-5-7-19(24)8-6-18/h5-10,14,17,21H,3-4,11-13,15H2,1-2H3,(H,25,28)/t17-,21-/m0/s1. The second kappa shape index (κ2) is 8.14. The third kappa shape index (κ3) is 4.03. The maximum Gasteiger partial charge on any atom is 0.255 e. The molecular weight excluding hydrogens is 370 g/mol. The summed E-state index contributed by atoms with van der Waals surface area (Å²) in [5.41, 5.74) is 3.79. The van der Waals surface area contributed by atoms with E-state index in [1.165, 1.54) is 31.5 Å². The molecule has 2 heterocycles. The fourth-order valence-electron chi connectivity index (χ4n) is 4.53. The Morgan fingerprint density at radius 3 is 2.57 bits per heavy atom. The van der Waals surface area contributed by atoms with Gasteiger partial charge >= 0.3 is 0 Å². The summed E-state index contributed by atoms with van der Waals surface area (Å²) >= 11 is 5.90. The van der Waals surface area contributed by atoms with Crippen LogP contribution in [-0.2, 0) is 0 Å². The van der Waals surface area contributed by atoms with Gasteiger partial charge in [0.15, 0.2) is 0 Å². The number of likely N-dealkylation sites (tertiary alicyclic amines) is 1. The number of hydrogen-bond acceptors (Lipinski definition) is 3. The number of amides is 1. The maximum absolute atomic E-state index is 12.5. The number of benzene rings is 2. The van der Waals surface area contributed by atoms with Crippen LogP contribution in [0.5, 0.6) is 0 Å². The normalized spacial score (nSPS) is 22.6. The van der Waals surface area contributed by atoms with Crippen molar-refractivity contribution in [1.82, 2.24) is 4.90 Å². The van der Waals surface area contributed by atoms with Crippen LogP contribution in [0.4, 0.5) is 11.4 Å². The van der Waals surface area contributed by atoms with E-state index in [0.717, 1.165) is 30.4 Å². The van der Waals surface area contributed by atoms with E-state index in [1.807, 2.05) is 6.07 Å². The molecule has 2 atom stereocenters. The lowest BCUT2D eigenvalue weighted by Crippen LogP contribution is -2.39. The van der Waals surface area contributed by atoms with Gasteiger partial charge in [-0.05, 0) is 87.7 Å². The number of nitrogens with zero attached hydrogens (tertiary/aromatic N) is 2. The Bertz CT molecular complexity index is 851. The van der Waals surface area contributed by atoms with Crippen LogP contribution in [0.25, 0.3) is 0 Å². The molecule has 2 saturated heterocycles. The molecule has 2 fully saturated rings. The fourth-order valence-corrected chi connectivity index (χ4v) is 4.65. The highest BCUT2D eigenvalue weighted by atomic mass is 35.5. The van der Waals surface area contributed by atoms with Crippen LogP contribution in [-0.4, -0.2) is 42.5 Å². The van der Waals surface area contributed by atoms with Crippen molar-refractivity contribution in [1.29, 1.82) is 0 Å². The van der Waals surface area contributed by atoms with E-state index in [1.54, 1.807) is 24.3 Å². The number of anilines is 2. The van der Waals surface area contributed by atoms with Crippen LogP contribution in [0.15, 0.2) is 42.5 Å². The molecule has 1 amide bonds. The second-order valence-corrected chi connectivity index (χ2v) is 8.51. The van der Waals surface area contributed by atoms with Crippen molar-refractivity contribution in [3.8, 4) is 0 Å². The monoisotopic (exact) mass is 397 g/mol. The summed E-state index contributed by atoms with van der Waals surface area (Å²) in [6.07, 6.45) is 3.90. The molecule has 2 aliphatic rings. The smallest absolute Gasteiger partial charge is 0.255 e. The van der Waals surface area contributed by atoms with Crippen molar-refractivity contribution >= 4 is 28.9 Å². The summed E-state index contributed by atoms with van der Waals surface area (Å²) in [4.78, 5) is 17.6. The van der Waals surface area contributed by atoms with Gasteiger partial charge in [-0.15, -0.1) is 0 Å². The van der Waals surface area contributed by atoms with Gasteiger partial charge in [-0.1, -0.05) is 11.6 Å². The molecular formula is C23H28ClN3O. The minimum atomic E-state index is -0.114. The quantitative estimate of drug-likeness (QED) is 0.791. The maximum atomic E-state index is 12.5. The molecule has 0 aliphatic carbocycles. The summed E-state index contributed by atoms with van der Waals surface area (Å²) in [7, 11) is 0. The number of aryl methyl sites for hydroxylation is 1. The highest BCUT2D eigenvalue weighted by Crippen LogP contribution is 2.30. The molecule has 2 aromatic rings. The van der Waals surface area contributed by atoms with E-state index in [4.69, 9.17) is 11.6 Å². The van der Waals surface area contributed by atoms with Gasteiger partial charge in [0, 0.05) is 47.1 Å². The molecule has 28 heavy (non-hydrogen) atoms. The molecule has 0 unspecified atom stereocenters. The SMILES string of the molecule is Cc1cc(N2CC[C@H](N3CCC[C@@H]3C)C2)ccc1NC(=O)c1ccc(Cl)cc1. The van der Waals surface area contributed by atoms with Crippen molar-refractivity contribution in [2.75, 3.05) is 29.9 Å². The van der Waals surface area contributed by atoms with Gasteiger partial charge in [0.25, 0.3) is 5.91 Å². The highest BCUT2D eigenvalue weighted by molar-refractivity contribution is 6.30. The van der Waals surface area contributed by atoms with Crippen molar-refractivity contribution in [3.63, 3.8) is 0 Å². The third-order valence-electron chi connectivity index (χ3n) is 6.17. The Morgan fingerprint density at radius 1 is 1.11 bits per heavy atom. The van der Waals surface area contributed by atoms with Crippen molar-refractivity contribution in [2.24, 2.45) is 0 Å². The van der Waals surface area contributed by atoms with E-state index >= 15 is 0 Å². The zero-order chi connectivity index (χ0) is 19.7. The van der Waals surface area contributed by atoms with Crippen molar-refractivity contribution in [3.05, 3.63) is 58.6 Å². The number of carbonyl (C=O) groups excluding carboxylic acids is 1. The molecule has 0 spiro atoms. The van der Waals surface area contributed by atoms with Crippen LogP contribution in [0.2, 0.25) is 5.02 Å². The molecule has 5 heteroatoms. The first-order valence-corrected chi connectivity index (χ1v) is 10.6. The van der Waals surface area contributed by atoms with Crippen molar-refractivity contribution < 1.29 is 4.79 Å². The lowest BCUT2D eigenvalue weighted by molar-refractivity contribution is 0.102. The molecule has 0 aromatic heterocycles. The molecule has 1 N–H and O–H groups in total. The van der Waals surface area contributed by atoms with Gasteiger partial charge in [-0.3, -0.25) is 9.69 Å². The average molecular weight is 398 g/mol. The van der Waals surface area contributed by atoms with Gasteiger partial charge in [-0.2, -0.15) is 0 Å². The number of carbonyl (C=O) groups is 1. The second-order valence-electron chi connectivity index (χ2n) is 8.08. The Kier molecular flexibility index (Phi) is 5.61. The zero-order valence-corrected chi connectivity index (χ0v) is 17.4. The zero-order valence-electron chi connectivity index (χ0n) is 16.6. The number of rotatable bonds is 4. The van der Waals surface area contributed by atoms with E-state index in [9.17, 15) is 4.79 Å². The molecule has 4 nitrogen and oxygen atoms in total. The van der Waals surface area contributed by atoms with Crippen molar-refractivity contribution in [2.45, 2.75) is 45.2 Å². The van der Waals surface area contributed by atoms with Crippen LogP contribution in [0, 0.1) is 6.92 Å². The predicted molar refractivity (Wildman–Crippen MR) is 117 cm³/mol. The molecule has 148 valence electrons. The third-order valence-corrected chi connectivity index (χ3v) is 6.42. The first-order chi connectivity index (χ1) is 13.5. The highest BCUT2D eigenvalue weighted by Gasteiger charge is 2.32. The lowest BCUT2D eigenvalue weighted by Gasteiger charge is -2.28. The summed E-state index contributed by atoms with van der Waals surface area (Å²) < 4.78 is 0. The minimum absolute atomic E-state index is 0.114. The molecule has 0 bridgehead atoms. The Balaban J connectivity index is 1.42. The molecule has 0 saturated carbocycles. The van der Waals surface area contributed by atoms with Crippen LogP contribution in [0.1, 0.15) is 42.1 Å². The van der Waals surface area contributed by atoms with Gasteiger partial charge in [0.05, 0.1) is 0 Å². The van der Waals surface area contributed by atoms with E-state index in [-0.39, 0.29) is 5.91 Å². The topological polar surface area (TPSA) is 35.6 Å². The van der Waals surface area contributed by atoms with Gasteiger partial charge in [0.1, 0.15) is 0 Å². The first-order valence-electron chi connectivity index (χ1n) is 10.2. The lowest BCUT2D eigenvalue weighted by atomic mass is 10.1. The predicted octanol–water partition coefficient (Wildman–Crippen LogP) is 4.96. The largest absolute Gasteiger partial charge is 0.370 e. The summed E-state index contributed by atoms with van der Waals surface area (Å²) in [6.45, 7) is 7.85. The fraction of sp³-hybridized carbons (Fsp3) is 0.435. The Morgan fingerprint density at radius 2 is 1.89 bits per heavy atom. The van der Waals surface area contributed by atoms with E-state index in [0.29, 0.717) is 16.6 Å². The molecule has 4 rings (SSSR count). The summed E-state index contributed by atoms with van der Waals surface area (Å²) in [6, 6.07) is 14.7. The van der Waals surface area contributed by atoms with E-state index < -0.39 is 0 Å².